The Balaban J connectivity index is 2.23. The van der Waals surface area contributed by atoms with Crippen LogP contribution < -0.4 is 9.62 Å². The Morgan fingerprint density at radius 3 is 2.11 bits per heavy atom. The Kier molecular flexibility index (Phi) is 10.8. The van der Waals surface area contributed by atoms with Crippen molar-refractivity contribution >= 4 is 39.1 Å². The van der Waals surface area contributed by atoms with Crippen molar-refractivity contribution in [2.45, 2.75) is 72.5 Å². The van der Waals surface area contributed by atoms with Crippen LogP contribution in [0.15, 0.2) is 42.5 Å². The SMILES string of the molecule is CC[C@H](C(=O)NC(C)C)N(Cc1ccc(Cl)cc1)C(=O)CCCN(c1cc(C)cc(C)c1)S(C)(=O)=O. The van der Waals surface area contributed by atoms with Gasteiger partial charge in [-0.15, -0.1) is 0 Å². The van der Waals surface area contributed by atoms with E-state index >= 15 is 0 Å². The lowest BCUT2D eigenvalue weighted by atomic mass is 10.1. The second-order valence-corrected chi connectivity index (χ2v) is 11.9. The summed E-state index contributed by atoms with van der Waals surface area (Å²) in [6, 6.07) is 12.1. The minimum Gasteiger partial charge on any atom is -0.352 e. The molecule has 0 spiro atoms. The monoisotopic (exact) mass is 535 g/mol. The molecule has 0 saturated carbocycles. The molecular weight excluding hydrogens is 498 g/mol. The summed E-state index contributed by atoms with van der Waals surface area (Å²) in [4.78, 5) is 27.9. The van der Waals surface area contributed by atoms with Crippen molar-refractivity contribution in [3.63, 3.8) is 0 Å². The summed E-state index contributed by atoms with van der Waals surface area (Å²) >= 11 is 6.01. The molecule has 2 amide bonds. The molecule has 0 fully saturated rings. The van der Waals surface area contributed by atoms with Crippen LogP contribution in [0.4, 0.5) is 5.69 Å². The zero-order valence-corrected chi connectivity index (χ0v) is 23.6. The summed E-state index contributed by atoms with van der Waals surface area (Å²) in [5.74, 6) is -0.410. The van der Waals surface area contributed by atoms with E-state index in [-0.39, 0.29) is 37.4 Å². The maximum absolute atomic E-state index is 13.4. The van der Waals surface area contributed by atoms with Crippen LogP contribution in [0.25, 0.3) is 0 Å². The van der Waals surface area contributed by atoms with E-state index in [9.17, 15) is 18.0 Å². The summed E-state index contributed by atoms with van der Waals surface area (Å²) in [6.45, 7) is 9.89. The van der Waals surface area contributed by atoms with Gasteiger partial charge in [-0.2, -0.15) is 0 Å². The molecule has 0 heterocycles. The average molecular weight is 536 g/mol. The van der Waals surface area contributed by atoms with Crippen molar-refractivity contribution in [1.29, 1.82) is 0 Å². The Bertz CT molecular complexity index is 1130. The van der Waals surface area contributed by atoms with Crippen molar-refractivity contribution in [3.8, 4) is 0 Å². The summed E-state index contributed by atoms with van der Waals surface area (Å²) in [7, 11) is -3.54. The third-order valence-corrected chi connectivity index (χ3v) is 7.18. The minimum atomic E-state index is -3.54. The Morgan fingerprint density at radius 1 is 1.03 bits per heavy atom. The number of amides is 2. The number of anilines is 1. The molecule has 9 heteroatoms. The van der Waals surface area contributed by atoms with E-state index < -0.39 is 16.1 Å². The molecule has 0 aliphatic rings. The lowest BCUT2D eigenvalue weighted by Crippen LogP contribution is -2.50. The summed E-state index contributed by atoms with van der Waals surface area (Å²) in [6.07, 6.45) is 2.05. The van der Waals surface area contributed by atoms with Gasteiger partial charge in [-0.25, -0.2) is 8.42 Å². The van der Waals surface area contributed by atoms with Crippen LogP contribution in [-0.2, 0) is 26.2 Å². The van der Waals surface area contributed by atoms with E-state index in [1.807, 2.05) is 65.0 Å². The average Bonchev–Trinajstić information content (AvgIpc) is 2.75. The van der Waals surface area contributed by atoms with E-state index in [1.54, 1.807) is 17.0 Å². The van der Waals surface area contributed by atoms with E-state index in [2.05, 4.69) is 5.32 Å². The van der Waals surface area contributed by atoms with Gasteiger partial charge in [0, 0.05) is 30.6 Å². The van der Waals surface area contributed by atoms with Crippen molar-refractivity contribution in [2.24, 2.45) is 0 Å². The first-order chi connectivity index (χ1) is 16.8. The number of sulfonamides is 1. The predicted octanol–water partition coefficient (Wildman–Crippen LogP) is 4.84. The van der Waals surface area contributed by atoms with Gasteiger partial charge in [-0.1, -0.05) is 36.7 Å². The van der Waals surface area contributed by atoms with Gasteiger partial charge in [0.2, 0.25) is 21.8 Å². The molecular formula is C27H38ClN3O4S. The lowest BCUT2D eigenvalue weighted by molar-refractivity contribution is -0.141. The number of rotatable bonds is 12. The fourth-order valence-electron chi connectivity index (χ4n) is 4.19. The van der Waals surface area contributed by atoms with Crippen LogP contribution in [0.3, 0.4) is 0 Å². The van der Waals surface area contributed by atoms with Crippen molar-refractivity contribution in [2.75, 3.05) is 17.1 Å². The first-order valence-electron chi connectivity index (χ1n) is 12.2. The normalized spacial score (nSPS) is 12.3. The molecule has 0 aliphatic heterocycles. The quantitative estimate of drug-likeness (QED) is 0.421. The molecule has 1 atom stereocenters. The Labute approximate surface area is 220 Å². The molecule has 2 aromatic carbocycles. The van der Waals surface area contributed by atoms with E-state index in [4.69, 9.17) is 11.6 Å². The Hall–Kier alpha value is -2.58. The number of halogens is 1. The predicted molar refractivity (Wildman–Crippen MR) is 147 cm³/mol. The van der Waals surface area contributed by atoms with Crippen LogP contribution in [0.1, 0.15) is 56.7 Å². The summed E-state index contributed by atoms with van der Waals surface area (Å²) < 4.78 is 26.4. The maximum atomic E-state index is 13.4. The third-order valence-electron chi connectivity index (χ3n) is 5.73. The van der Waals surface area contributed by atoms with Crippen molar-refractivity contribution in [1.82, 2.24) is 10.2 Å². The number of nitrogens with zero attached hydrogens (tertiary/aromatic N) is 2. The van der Waals surface area contributed by atoms with E-state index in [0.29, 0.717) is 23.6 Å². The molecule has 2 aromatic rings. The molecule has 0 aromatic heterocycles. The number of aryl methyl sites for hydroxylation is 2. The topological polar surface area (TPSA) is 86.8 Å². The molecule has 36 heavy (non-hydrogen) atoms. The van der Waals surface area contributed by atoms with Crippen molar-refractivity contribution < 1.29 is 18.0 Å². The van der Waals surface area contributed by atoms with Gasteiger partial charge in [0.1, 0.15) is 6.04 Å². The highest BCUT2D eigenvalue weighted by Crippen LogP contribution is 2.23. The highest BCUT2D eigenvalue weighted by molar-refractivity contribution is 7.92. The number of benzene rings is 2. The molecule has 1 N–H and O–H groups in total. The maximum Gasteiger partial charge on any atom is 0.243 e. The standard InChI is InChI=1S/C27H38ClN3O4S/c1-7-25(27(33)29-19(2)3)30(18-22-10-12-23(28)13-11-22)26(32)9-8-14-31(36(6,34)35)24-16-20(4)15-21(5)17-24/h10-13,15-17,19,25H,7-9,14,18H2,1-6H3,(H,29,33)/t25-/m1/s1. The highest BCUT2D eigenvalue weighted by Gasteiger charge is 2.29. The first kappa shape index (κ1) is 29.6. The molecule has 0 radical (unpaired) electrons. The van der Waals surface area contributed by atoms with Gasteiger partial charge < -0.3 is 10.2 Å². The molecule has 2 rings (SSSR count). The zero-order valence-electron chi connectivity index (χ0n) is 22.0. The number of carbonyl (C=O) groups is 2. The lowest BCUT2D eigenvalue weighted by Gasteiger charge is -2.31. The second kappa shape index (κ2) is 13.1. The summed E-state index contributed by atoms with van der Waals surface area (Å²) in [5, 5.41) is 3.50. The first-order valence-corrected chi connectivity index (χ1v) is 14.4. The largest absolute Gasteiger partial charge is 0.352 e. The summed E-state index contributed by atoms with van der Waals surface area (Å²) in [5.41, 5.74) is 3.37. The molecule has 0 bridgehead atoms. The number of nitrogens with one attached hydrogen (secondary N) is 1. The van der Waals surface area contributed by atoms with Crippen molar-refractivity contribution in [3.05, 3.63) is 64.2 Å². The zero-order chi connectivity index (χ0) is 27.0. The third kappa shape index (κ3) is 8.82. The number of carbonyl (C=O) groups excluding carboxylic acids is 2. The van der Waals surface area contributed by atoms with Crippen LogP contribution in [0.5, 0.6) is 0 Å². The smallest absolute Gasteiger partial charge is 0.243 e. The van der Waals surface area contributed by atoms with Crippen LogP contribution in [0, 0.1) is 13.8 Å². The fourth-order valence-corrected chi connectivity index (χ4v) is 5.26. The Morgan fingerprint density at radius 2 is 1.61 bits per heavy atom. The molecule has 7 nitrogen and oxygen atoms in total. The molecule has 0 aliphatic carbocycles. The molecule has 198 valence electrons. The van der Waals surface area contributed by atoms with E-state index in [0.717, 1.165) is 16.7 Å². The van der Waals surface area contributed by atoms with Crippen LogP contribution in [-0.4, -0.2) is 50.0 Å². The van der Waals surface area contributed by atoms with Gasteiger partial charge in [0.15, 0.2) is 0 Å². The van der Waals surface area contributed by atoms with Crippen LogP contribution in [0.2, 0.25) is 5.02 Å². The van der Waals surface area contributed by atoms with Gasteiger partial charge in [-0.05, 0) is 81.5 Å². The van der Waals surface area contributed by atoms with Gasteiger partial charge in [0.05, 0.1) is 11.9 Å². The molecule has 0 unspecified atom stereocenters. The van der Waals surface area contributed by atoms with Gasteiger partial charge in [0.25, 0.3) is 0 Å². The molecule has 0 saturated heterocycles. The minimum absolute atomic E-state index is 0.0554. The fraction of sp³-hybridized carbons (Fsp3) is 0.481. The number of hydrogen-bond acceptors (Lipinski definition) is 4. The van der Waals surface area contributed by atoms with Crippen LogP contribution >= 0.6 is 11.6 Å². The second-order valence-electron chi connectivity index (χ2n) is 9.52. The highest BCUT2D eigenvalue weighted by atomic mass is 35.5. The van der Waals surface area contributed by atoms with Gasteiger partial charge in [-0.3, -0.25) is 13.9 Å². The van der Waals surface area contributed by atoms with Gasteiger partial charge >= 0.3 is 0 Å². The van der Waals surface area contributed by atoms with E-state index in [1.165, 1.54) is 10.6 Å². The number of hydrogen-bond donors (Lipinski definition) is 1.